The lowest BCUT2D eigenvalue weighted by Crippen LogP contribution is -2.26. The lowest BCUT2D eigenvalue weighted by molar-refractivity contribution is 0.222. The third-order valence-electron chi connectivity index (χ3n) is 3.43. The maximum atomic E-state index is 5.77. The average molecular weight is 248 g/mol. The number of para-hydroxylation sites is 1. The number of unbranched alkanes of at least 4 members (excludes halogenated alkanes) is 2. The first-order valence-electron chi connectivity index (χ1n) is 6.98. The molecule has 1 aromatic rings. The predicted molar refractivity (Wildman–Crippen MR) is 75.0 cm³/mol. The monoisotopic (exact) mass is 248 g/mol. The molecule has 1 heterocycles. The zero-order chi connectivity index (χ0) is 12.6. The Kier molecular flexibility index (Phi) is 5.49. The summed E-state index contributed by atoms with van der Waals surface area (Å²) in [6.45, 7) is 5.20. The summed E-state index contributed by atoms with van der Waals surface area (Å²) in [6.07, 6.45) is 3.86. The Balaban J connectivity index is 1.77. The number of hydrogen-bond acceptors (Lipinski definition) is 3. The van der Waals surface area contributed by atoms with Gasteiger partial charge in [-0.1, -0.05) is 24.6 Å². The molecule has 1 aliphatic rings. The smallest absolute Gasteiger partial charge is 0.123 e. The lowest BCUT2D eigenvalue weighted by atomic mass is 10.2. The Morgan fingerprint density at radius 1 is 1.22 bits per heavy atom. The van der Waals surface area contributed by atoms with Crippen LogP contribution in [0.2, 0.25) is 0 Å². The summed E-state index contributed by atoms with van der Waals surface area (Å²) in [5.74, 6) is 1.06. The van der Waals surface area contributed by atoms with Crippen molar-refractivity contribution in [2.24, 2.45) is 0 Å². The number of rotatable bonds is 6. The molecular formula is C15H24N2O. The minimum atomic E-state index is 0.813. The number of fused-ring (bicyclic) bond motifs is 1. The zero-order valence-corrected chi connectivity index (χ0v) is 11.3. The first-order chi connectivity index (χ1) is 8.90. The van der Waals surface area contributed by atoms with Crippen LogP contribution in [0.25, 0.3) is 0 Å². The van der Waals surface area contributed by atoms with Gasteiger partial charge in [-0.25, -0.2) is 0 Å². The minimum Gasteiger partial charge on any atom is -0.492 e. The van der Waals surface area contributed by atoms with Gasteiger partial charge in [0.05, 0.1) is 0 Å². The van der Waals surface area contributed by atoms with Gasteiger partial charge in [0.15, 0.2) is 0 Å². The molecule has 0 unspecified atom stereocenters. The van der Waals surface area contributed by atoms with E-state index >= 15 is 0 Å². The number of hydrogen-bond donors (Lipinski definition) is 1. The van der Waals surface area contributed by atoms with E-state index in [1.807, 2.05) is 13.1 Å². The van der Waals surface area contributed by atoms with Gasteiger partial charge in [-0.3, -0.25) is 4.90 Å². The molecule has 0 saturated heterocycles. The topological polar surface area (TPSA) is 24.5 Å². The van der Waals surface area contributed by atoms with E-state index in [4.69, 9.17) is 4.74 Å². The van der Waals surface area contributed by atoms with Gasteiger partial charge in [0.1, 0.15) is 12.4 Å². The zero-order valence-electron chi connectivity index (χ0n) is 11.3. The standard InChI is InChI=1S/C15H24N2O/c1-16-9-5-2-6-10-17-11-12-18-15-8-4-3-7-14(15)13-17/h3-4,7-8,16H,2,5-6,9-13H2,1H3. The van der Waals surface area contributed by atoms with E-state index in [-0.39, 0.29) is 0 Å². The number of nitrogens with one attached hydrogen (secondary N) is 1. The van der Waals surface area contributed by atoms with Crippen LogP contribution >= 0.6 is 0 Å². The molecule has 3 heteroatoms. The molecule has 3 nitrogen and oxygen atoms in total. The molecular weight excluding hydrogens is 224 g/mol. The van der Waals surface area contributed by atoms with E-state index in [1.165, 1.54) is 31.4 Å². The summed E-state index contributed by atoms with van der Waals surface area (Å²) >= 11 is 0. The second kappa shape index (κ2) is 7.39. The van der Waals surface area contributed by atoms with Gasteiger partial charge in [-0.15, -0.1) is 0 Å². The predicted octanol–water partition coefficient (Wildman–Crippen LogP) is 2.27. The maximum Gasteiger partial charge on any atom is 0.123 e. The van der Waals surface area contributed by atoms with Crippen molar-refractivity contribution in [3.8, 4) is 5.75 Å². The molecule has 100 valence electrons. The van der Waals surface area contributed by atoms with Crippen molar-refractivity contribution >= 4 is 0 Å². The summed E-state index contributed by atoms with van der Waals surface area (Å²) in [4.78, 5) is 2.51. The maximum absolute atomic E-state index is 5.77. The van der Waals surface area contributed by atoms with Crippen LogP contribution in [0.1, 0.15) is 24.8 Å². The molecule has 0 spiro atoms. The molecule has 0 radical (unpaired) electrons. The molecule has 0 atom stereocenters. The highest BCUT2D eigenvalue weighted by atomic mass is 16.5. The van der Waals surface area contributed by atoms with Gasteiger partial charge in [0.25, 0.3) is 0 Å². The van der Waals surface area contributed by atoms with Crippen LogP contribution in [0.15, 0.2) is 24.3 Å². The average Bonchev–Trinajstić information content (AvgIpc) is 2.60. The van der Waals surface area contributed by atoms with E-state index in [0.29, 0.717) is 0 Å². The molecule has 0 fully saturated rings. The van der Waals surface area contributed by atoms with Gasteiger partial charge in [0.2, 0.25) is 0 Å². The van der Waals surface area contributed by atoms with Crippen molar-refractivity contribution in [3.05, 3.63) is 29.8 Å². The SMILES string of the molecule is CNCCCCCN1CCOc2ccccc2C1. The Morgan fingerprint density at radius 2 is 2.11 bits per heavy atom. The van der Waals surface area contributed by atoms with Crippen LogP contribution in [-0.2, 0) is 6.54 Å². The van der Waals surface area contributed by atoms with E-state index in [2.05, 4.69) is 28.4 Å². The lowest BCUT2D eigenvalue weighted by Gasteiger charge is -2.19. The second-order valence-electron chi connectivity index (χ2n) is 4.90. The highest BCUT2D eigenvalue weighted by Crippen LogP contribution is 2.22. The van der Waals surface area contributed by atoms with Crippen LogP contribution in [0.3, 0.4) is 0 Å². The largest absolute Gasteiger partial charge is 0.492 e. The molecule has 0 amide bonds. The van der Waals surface area contributed by atoms with E-state index in [1.54, 1.807) is 0 Å². The van der Waals surface area contributed by atoms with Crippen LogP contribution < -0.4 is 10.1 Å². The molecule has 1 aliphatic heterocycles. The normalized spacial score (nSPS) is 15.8. The Morgan fingerprint density at radius 3 is 3.00 bits per heavy atom. The van der Waals surface area contributed by atoms with E-state index < -0.39 is 0 Å². The van der Waals surface area contributed by atoms with E-state index in [9.17, 15) is 0 Å². The Labute approximate surface area is 110 Å². The number of nitrogens with zero attached hydrogens (tertiary/aromatic N) is 1. The summed E-state index contributed by atoms with van der Waals surface area (Å²) in [7, 11) is 2.02. The molecule has 0 aliphatic carbocycles. The molecule has 0 saturated carbocycles. The molecule has 1 N–H and O–H groups in total. The third-order valence-corrected chi connectivity index (χ3v) is 3.43. The van der Waals surface area contributed by atoms with Gasteiger partial charge < -0.3 is 10.1 Å². The second-order valence-corrected chi connectivity index (χ2v) is 4.90. The van der Waals surface area contributed by atoms with Crippen molar-refractivity contribution in [3.63, 3.8) is 0 Å². The first kappa shape index (κ1) is 13.4. The fourth-order valence-electron chi connectivity index (χ4n) is 2.38. The molecule has 1 aromatic carbocycles. The fourth-order valence-corrected chi connectivity index (χ4v) is 2.38. The third kappa shape index (κ3) is 4.00. The number of ether oxygens (including phenoxy) is 1. The molecule has 2 rings (SSSR count). The van der Waals surface area contributed by atoms with Crippen molar-refractivity contribution in [2.45, 2.75) is 25.8 Å². The summed E-state index contributed by atoms with van der Waals surface area (Å²) in [6, 6.07) is 8.39. The minimum absolute atomic E-state index is 0.813. The highest BCUT2D eigenvalue weighted by molar-refractivity contribution is 5.33. The van der Waals surface area contributed by atoms with Gasteiger partial charge >= 0.3 is 0 Å². The van der Waals surface area contributed by atoms with Crippen molar-refractivity contribution in [1.82, 2.24) is 10.2 Å². The van der Waals surface area contributed by atoms with Crippen molar-refractivity contribution in [1.29, 1.82) is 0 Å². The van der Waals surface area contributed by atoms with Gasteiger partial charge in [-0.2, -0.15) is 0 Å². The van der Waals surface area contributed by atoms with Crippen LogP contribution in [0, 0.1) is 0 Å². The van der Waals surface area contributed by atoms with E-state index in [0.717, 1.165) is 32.0 Å². The first-order valence-corrected chi connectivity index (χ1v) is 6.98. The Hall–Kier alpha value is -1.06. The summed E-state index contributed by atoms with van der Waals surface area (Å²) < 4.78 is 5.77. The van der Waals surface area contributed by atoms with Crippen molar-refractivity contribution in [2.75, 3.05) is 33.3 Å². The quantitative estimate of drug-likeness (QED) is 0.782. The van der Waals surface area contributed by atoms with Gasteiger partial charge in [0, 0.05) is 18.7 Å². The van der Waals surface area contributed by atoms with Crippen LogP contribution in [0.5, 0.6) is 5.75 Å². The fraction of sp³-hybridized carbons (Fsp3) is 0.600. The van der Waals surface area contributed by atoms with Crippen molar-refractivity contribution < 1.29 is 4.74 Å². The number of benzene rings is 1. The summed E-state index contributed by atoms with van der Waals surface area (Å²) in [5.41, 5.74) is 1.32. The van der Waals surface area contributed by atoms with Gasteiger partial charge in [-0.05, 0) is 39.0 Å². The highest BCUT2D eigenvalue weighted by Gasteiger charge is 2.13. The van der Waals surface area contributed by atoms with Crippen LogP contribution in [-0.4, -0.2) is 38.2 Å². The Bertz CT molecular complexity index is 354. The summed E-state index contributed by atoms with van der Waals surface area (Å²) in [5, 5.41) is 3.20. The molecule has 0 bridgehead atoms. The van der Waals surface area contributed by atoms with Crippen LogP contribution in [0.4, 0.5) is 0 Å². The molecule has 0 aromatic heterocycles. The molecule has 18 heavy (non-hydrogen) atoms.